The maximum atomic E-state index is 12.9. The number of carbonyl (C=O) groups is 3. The number of carboxylic acids is 3. The summed E-state index contributed by atoms with van der Waals surface area (Å²) in [5, 5.41) is 38.9. The number of nitro groups is 1. The van der Waals surface area contributed by atoms with Gasteiger partial charge in [-0.05, 0) is 6.07 Å². The molecule has 0 radical (unpaired) electrons. The zero-order valence-corrected chi connectivity index (χ0v) is 23.5. The molecule has 1 aliphatic heterocycles. The van der Waals surface area contributed by atoms with Crippen molar-refractivity contribution >= 4 is 33.6 Å². The van der Waals surface area contributed by atoms with Gasteiger partial charge in [-0.15, -0.1) is 0 Å². The fourth-order valence-electron chi connectivity index (χ4n) is 4.26. The Morgan fingerprint density at radius 3 is 1.63 bits per heavy atom. The number of nitro benzene ring substituents is 1. The number of hydrogen-bond acceptors (Lipinski definition) is 12. The Morgan fingerprint density at radius 2 is 1.27 bits per heavy atom. The van der Waals surface area contributed by atoms with E-state index in [1.165, 1.54) is 7.11 Å². The number of benzene rings is 1. The fraction of sp³-hybridized carbons (Fsp3) is 0.609. The van der Waals surface area contributed by atoms with Crippen molar-refractivity contribution in [3.63, 3.8) is 0 Å². The third kappa shape index (κ3) is 11.9. The van der Waals surface area contributed by atoms with E-state index >= 15 is 0 Å². The minimum absolute atomic E-state index is 0.0628. The summed E-state index contributed by atoms with van der Waals surface area (Å²) in [6.07, 6.45) is 0. The van der Waals surface area contributed by atoms with Crippen molar-refractivity contribution in [2.75, 3.05) is 92.2 Å². The van der Waals surface area contributed by atoms with Gasteiger partial charge in [-0.2, -0.15) is 0 Å². The Labute approximate surface area is 237 Å². The summed E-state index contributed by atoms with van der Waals surface area (Å²) in [7, 11) is -2.91. The second-order valence-electron chi connectivity index (χ2n) is 9.34. The average Bonchev–Trinajstić information content (AvgIpc) is 2.88. The molecule has 1 saturated heterocycles. The van der Waals surface area contributed by atoms with Crippen molar-refractivity contribution in [1.82, 2.24) is 24.3 Å². The van der Waals surface area contributed by atoms with Crippen LogP contribution in [0.5, 0.6) is 5.75 Å². The Kier molecular flexibility index (Phi) is 13.3. The van der Waals surface area contributed by atoms with Crippen molar-refractivity contribution in [3.05, 3.63) is 28.3 Å². The number of ether oxygens (including phenoxy) is 1. The van der Waals surface area contributed by atoms with Crippen LogP contribution in [-0.2, 0) is 24.4 Å². The second-order valence-corrected chi connectivity index (χ2v) is 11.1. The maximum Gasteiger partial charge on any atom is 0.317 e. The number of aliphatic carboxylic acids is 3. The Bertz CT molecular complexity index is 1150. The van der Waals surface area contributed by atoms with E-state index in [1.54, 1.807) is 14.7 Å². The summed E-state index contributed by atoms with van der Waals surface area (Å²) >= 11 is 0. The van der Waals surface area contributed by atoms with Gasteiger partial charge in [-0.25, -0.2) is 13.1 Å². The molecule has 0 unspecified atom stereocenters. The predicted octanol–water partition coefficient (Wildman–Crippen LogP) is -1.64. The minimum Gasteiger partial charge on any atom is -0.495 e. The molecule has 0 aromatic heterocycles. The van der Waals surface area contributed by atoms with Gasteiger partial charge in [0.2, 0.25) is 10.0 Å². The molecule has 1 aliphatic rings. The molecule has 1 aromatic rings. The number of nitrogens with zero attached hydrogens (tertiary/aromatic N) is 5. The summed E-state index contributed by atoms with van der Waals surface area (Å²) < 4.78 is 33.3. The molecule has 0 atom stereocenters. The van der Waals surface area contributed by atoms with Crippen LogP contribution in [0.3, 0.4) is 0 Å². The molecule has 41 heavy (non-hydrogen) atoms. The molecule has 4 N–H and O–H groups in total. The van der Waals surface area contributed by atoms with E-state index in [0.29, 0.717) is 13.1 Å². The Morgan fingerprint density at radius 1 is 0.854 bits per heavy atom. The van der Waals surface area contributed by atoms with Gasteiger partial charge in [-0.1, -0.05) is 0 Å². The molecule has 17 nitrogen and oxygen atoms in total. The molecule has 2 rings (SSSR count). The third-order valence-electron chi connectivity index (χ3n) is 6.37. The molecular formula is C23H36N6O11S. The minimum atomic E-state index is -4.11. The lowest BCUT2D eigenvalue weighted by atomic mass is 10.3. The summed E-state index contributed by atoms with van der Waals surface area (Å²) in [6.45, 7) is 1.60. The zero-order chi connectivity index (χ0) is 30.6. The first-order valence-corrected chi connectivity index (χ1v) is 14.2. The number of rotatable bonds is 13. The Balaban J connectivity index is 2.15. The lowest BCUT2D eigenvalue weighted by Crippen LogP contribution is -2.49. The topological polar surface area (TPSA) is 223 Å². The molecule has 1 fully saturated rings. The first-order chi connectivity index (χ1) is 19.3. The lowest BCUT2D eigenvalue weighted by Gasteiger charge is -2.33. The van der Waals surface area contributed by atoms with Crippen molar-refractivity contribution in [2.24, 2.45) is 0 Å². The molecule has 0 bridgehead atoms. The van der Waals surface area contributed by atoms with E-state index in [0.717, 1.165) is 18.2 Å². The number of hydrogen-bond donors (Lipinski definition) is 4. The molecule has 0 aliphatic carbocycles. The van der Waals surface area contributed by atoms with Crippen LogP contribution in [-0.4, -0.2) is 158 Å². The van der Waals surface area contributed by atoms with Crippen LogP contribution in [0.4, 0.5) is 5.69 Å². The molecule has 1 aromatic carbocycles. The van der Waals surface area contributed by atoms with Gasteiger partial charge in [0.1, 0.15) is 10.6 Å². The predicted molar refractivity (Wildman–Crippen MR) is 144 cm³/mol. The van der Waals surface area contributed by atoms with Crippen molar-refractivity contribution in [3.8, 4) is 5.75 Å². The van der Waals surface area contributed by atoms with Gasteiger partial charge in [-0.3, -0.25) is 44.1 Å². The van der Waals surface area contributed by atoms with Crippen molar-refractivity contribution in [2.45, 2.75) is 4.90 Å². The molecule has 0 amide bonds. The van der Waals surface area contributed by atoms with Crippen LogP contribution in [0.25, 0.3) is 0 Å². The number of nitrogens with one attached hydrogen (secondary N) is 1. The van der Waals surface area contributed by atoms with Crippen LogP contribution in [0.1, 0.15) is 0 Å². The van der Waals surface area contributed by atoms with Crippen LogP contribution in [0.2, 0.25) is 0 Å². The molecule has 1 heterocycles. The summed E-state index contributed by atoms with van der Waals surface area (Å²) in [5.74, 6) is -3.34. The van der Waals surface area contributed by atoms with E-state index in [1.807, 2.05) is 4.90 Å². The van der Waals surface area contributed by atoms with Crippen LogP contribution < -0.4 is 9.46 Å². The third-order valence-corrected chi connectivity index (χ3v) is 7.87. The summed E-state index contributed by atoms with van der Waals surface area (Å²) in [6, 6.07) is 3.15. The quantitative estimate of drug-likeness (QED) is 0.146. The van der Waals surface area contributed by atoms with E-state index in [9.17, 15) is 48.2 Å². The van der Waals surface area contributed by atoms with E-state index in [4.69, 9.17) is 4.74 Å². The smallest absolute Gasteiger partial charge is 0.317 e. The molecule has 0 spiro atoms. The standard InChI is InChI=1S/C23H36N6O11S/c1-40-19-14-18(29(36)37)2-3-20(19)41(38,39)24-4-5-25-6-8-26(15-21(30)31)10-12-28(17-23(34)35)13-11-27(9-7-25)16-22(32)33/h2-3,14,24H,4-13,15-17H2,1H3,(H,30,31)(H,32,33)(H,34,35). The average molecular weight is 605 g/mol. The Hall–Kier alpha value is -3.42. The largest absolute Gasteiger partial charge is 0.495 e. The summed E-state index contributed by atoms with van der Waals surface area (Å²) in [5.41, 5.74) is -0.331. The van der Waals surface area contributed by atoms with Crippen LogP contribution >= 0.6 is 0 Å². The normalized spacial score (nSPS) is 17.3. The highest BCUT2D eigenvalue weighted by Crippen LogP contribution is 2.28. The van der Waals surface area contributed by atoms with Crippen molar-refractivity contribution in [1.29, 1.82) is 0 Å². The first-order valence-electron chi connectivity index (χ1n) is 12.7. The molecular weight excluding hydrogens is 568 g/mol. The first kappa shape index (κ1) is 33.8. The SMILES string of the molecule is COc1cc([N+](=O)[O-])ccc1S(=O)(=O)NCCN1CCN(CC(=O)O)CCN(CC(=O)O)CCN(CC(=O)O)CC1. The van der Waals surface area contributed by atoms with Gasteiger partial charge in [0, 0.05) is 71.5 Å². The van der Waals surface area contributed by atoms with Gasteiger partial charge >= 0.3 is 17.9 Å². The molecule has 230 valence electrons. The monoisotopic (exact) mass is 604 g/mol. The highest BCUT2D eigenvalue weighted by Gasteiger charge is 2.23. The van der Waals surface area contributed by atoms with Gasteiger partial charge in [0.25, 0.3) is 5.69 Å². The molecule has 0 saturated carbocycles. The number of carboxylic acid groups (broad SMARTS) is 3. The number of non-ortho nitro benzene ring substituents is 1. The summed E-state index contributed by atoms with van der Waals surface area (Å²) in [4.78, 5) is 51.0. The van der Waals surface area contributed by atoms with E-state index in [-0.39, 0.29) is 88.3 Å². The van der Waals surface area contributed by atoms with Gasteiger partial charge in [0.15, 0.2) is 0 Å². The highest BCUT2D eigenvalue weighted by atomic mass is 32.2. The number of sulfonamides is 1. The number of methoxy groups -OCH3 is 1. The second kappa shape index (κ2) is 16.1. The van der Waals surface area contributed by atoms with Gasteiger partial charge < -0.3 is 20.1 Å². The molecule has 18 heteroatoms. The van der Waals surface area contributed by atoms with E-state index in [2.05, 4.69) is 4.72 Å². The zero-order valence-electron chi connectivity index (χ0n) is 22.7. The van der Waals surface area contributed by atoms with E-state index < -0.39 is 32.9 Å². The van der Waals surface area contributed by atoms with Crippen LogP contribution in [0.15, 0.2) is 23.1 Å². The lowest BCUT2D eigenvalue weighted by molar-refractivity contribution is -0.385. The fourth-order valence-corrected chi connectivity index (χ4v) is 5.43. The van der Waals surface area contributed by atoms with Gasteiger partial charge in [0.05, 0.1) is 37.7 Å². The van der Waals surface area contributed by atoms with Crippen LogP contribution in [0, 0.1) is 10.1 Å². The maximum absolute atomic E-state index is 12.9. The van der Waals surface area contributed by atoms with Crippen molar-refractivity contribution < 1.29 is 47.8 Å². The highest BCUT2D eigenvalue weighted by molar-refractivity contribution is 7.89.